The summed E-state index contributed by atoms with van der Waals surface area (Å²) < 4.78 is 0. The van der Waals surface area contributed by atoms with Gasteiger partial charge in [0.15, 0.2) is 0 Å². The van der Waals surface area contributed by atoms with E-state index in [4.69, 9.17) is 5.73 Å². The minimum absolute atomic E-state index is 0.140. The van der Waals surface area contributed by atoms with Gasteiger partial charge in [-0.3, -0.25) is 4.79 Å². The molecule has 1 heterocycles. The molecule has 0 bridgehead atoms. The fourth-order valence-electron chi connectivity index (χ4n) is 2.36. The molecular weight excluding hydrogens is 244 g/mol. The highest BCUT2D eigenvalue weighted by Gasteiger charge is 2.23. The summed E-state index contributed by atoms with van der Waals surface area (Å²) in [7, 11) is 0. The molecular formula is C14H20N2OS. The molecule has 0 aliphatic carbocycles. The van der Waals surface area contributed by atoms with Crippen molar-refractivity contribution >= 4 is 17.7 Å². The zero-order valence-electron chi connectivity index (χ0n) is 10.8. The molecule has 1 amide bonds. The lowest BCUT2D eigenvalue weighted by molar-refractivity contribution is 0.0678. The van der Waals surface area contributed by atoms with Gasteiger partial charge >= 0.3 is 0 Å². The van der Waals surface area contributed by atoms with Gasteiger partial charge in [-0.2, -0.15) is 0 Å². The van der Waals surface area contributed by atoms with Crippen LogP contribution in [0.4, 0.5) is 0 Å². The topological polar surface area (TPSA) is 46.3 Å². The predicted molar refractivity (Wildman–Crippen MR) is 75.9 cm³/mol. The Labute approximate surface area is 113 Å². The number of nitrogens with two attached hydrogens (primary N) is 1. The monoisotopic (exact) mass is 264 g/mol. The molecule has 2 rings (SSSR count). The Balaban J connectivity index is 2.05. The van der Waals surface area contributed by atoms with E-state index in [0.717, 1.165) is 31.5 Å². The fourth-order valence-corrected chi connectivity index (χ4v) is 2.77. The van der Waals surface area contributed by atoms with Gasteiger partial charge in [0.1, 0.15) is 0 Å². The van der Waals surface area contributed by atoms with Gasteiger partial charge in [-0.05, 0) is 55.8 Å². The van der Waals surface area contributed by atoms with E-state index in [9.17, 15) is 4.79 Å². The van der Waals surface area contributed by atoms with E-state index < -0.39 is 0 Å². The zero-order chi connectivity index (χ0) is 13.0. The number of hydrogen-bond acceptors (Lipinski definition) is 3. The molecule has 0 aromatic heterocycles. The van der Waals surface area contributed by atoms with E-state index in [2.05, 4.69) is 0 Å². The summed E-state index contributed by atoms with van der Waals surface area (Å²) in [6, 6.07) is 7.84. The van der Waals surface area contributed by atoms with Crippen LogP contribution in [0.1, 0.15) is 23.2 Å². The third-order valence-corrected chi connectivity index (χ3v) is 4.22. The van der Waals surface area contributed by atoms with Crippen LogP contribution >= 0.6 is 11.8 Å². The second-order valence-corrected chi connectivity index (χ2v) is 5.60. The lowest BCUT2D eigenvalue weighted by Crippen LogP contribution is -2.42. The number of likely N-dealkylation sites (tertiary alicyclic amines) is 1. The van der Waals surface area contributed by atoms with Crippen molar-refractivity contribution in [1.29, 1.82) is 0 Å². The van der Waals surface area contributed by atoms with Crippen LogP contribution in [0.3, 0.4) is 0 Å². The van der Waals surface area contributed by atoms with Crippen LogP contribution in [0, 0.1) is 5.92 Å². The van der Waals surface area contributed by atoms with Crippen molar-refractivity contribution in [2.75, 3.05) is 25.9 Å². The molecule has 0 spiro atoms. The Morgan fingerprint density at radius 3 is 2.78 bits per heavy atom. The summed E-state index contributed by atoms with van der Waals surface area (Å²) in [5.41, 5.74) is 6.48. The molecule has 3 nitrogen and oxygen atoms in total. The lowest BCUT2D eigenvalue weighted by Gasteiger charge is -2.32. The highest BCUT2D eigenvalue weighted by molar-refractivity contribution is 7.98. The van der Waals surface area contributed by atoms with Gasteiger partial charge in [0.25, 0.3) is 5.91 Å². The maximum Gasteiger partial charge on any atom is 0.253 e. The quantitative estimate of drug-likeness (QED) is 0.852. The number of hydrogen-bond donors (Lipinski definition) is 1. The first kappa shape index (κ1) is 13.4. The summed E-state index contributed by atoms with van der Waals surface area (Å²) in [6.07, 6.45) is 4.25. The Bertz CT molecular complexity index is 405. The number of carbonyl (C=O) groups is 1. The first-order valence-corrected chi connectivity index (χ1v) is 7.60. The second-order valence-electron chi connectivity index (χ2n) is 4.72. The molecule has 1 aliphatic heterocycles. The van der Waals surface area contributed by atoms with Gasteiger partial charge in [-0.25, -0.2) is 0 Å². The van der Waals surface area contributed by atoms with Crippen LogP contribution in [0.25, 0.3) is 0 Å². The second kappa shape index (κ2) is 6.25. The number of rotatable bonds is 3. The minimum atomic E-state index is 0.140. The van der Waals surface area contributed by atoms with Crippen molar-refractivity contribution in [2.24, 2.45) is 11.7 Å². The molecule has 1 unspecified atom stereocenters. The van der Waals surface area contributed by atoms with Gasteiger partial charge in [0.2, 0.25) is 0 Å². The summed E-state index contributed by atoms with van der Waals surface area (Å²) in [5, 5.41) is 0. The van der Waals surface area contributed by atoms with Crippen molar-refractivity contribution < 1.29 is 4.79 Å². The molecule has 4 heteroatoms. The molecule has 98 valence electrons. The molecule has 0 radical (unpaired) electrons. The largest absolute Gasteiger partial charge is 0.338 e. The molecule has 1 atom stereocenters. The average Bonchev–Trinajstić information content (AvgIpc) is 2.46. The van der Waals surface area contributed by atoms with Crippen LogP contribution in [0.5, 0.6) is 0 Å². The lowest BCUT2D eigenvalue weighted by atomic mass is 9.97. The summed E-state index contributed by atoms with van der Waals surface area (Å²) >= 11 is 1.69. The van der Waals surface area contributed by atoms with Gasteiger partial charge in [0, 0.05) is 23.5 Å². The van der Waals surface area contributed by atoms with Crippen molar-refractivity contribution in [2.45, 2.75) is 17.7 Å². The van der Waals surface area contributed by atoms with E-state index in [1.54, 1.807) is 11.8 Å². The molecule has 1 aliphatic rings. The summed E-state index contributed by atoms with van der Waals surface area (Å²) in [4.78, 5) is 15.5. The first-order valence-electron chi connectivity index (χ1n) is 6.38. The Hall–Kier alpha value is -1.00. The van der Waals surface area contributed by atoms with Crippen LogP contribution in [0.2, 0.25) is 0 Å². The molecule has 0 saturated carbocycles. The van der Waals surface area contributed by atoms with Crippen LogP contribution < -0.4 is 5.73 Å². The van der Waals surface area contributed by atoms with E-state index in [1.165, 1.54) is 4.90 Å². The van der Waals surface area contributed by atoms with Gasteiger partial charge in [0.05, 0.1) is 0 Å². The molecule has 1 aromatic carbocycles. The highest BCUT2D eigenvalue weighted by atomic mass is 32.2. The SMILES string of the molecule is CSc1ccc(C(=O)N2CCCC(CN)C2)cc1. The average molecular weight is 264 g/mol. The number of benzene rings is 1. The third kappa shape index (κ3) is 3.06. The number of thioether (sulfide) groups is 1. The van der Waals surface area contributed by atoms with Gasteiger partial charge in [-0.1, -0.05) is 0 Å². The Morgan fingerprint density at radius 1 is 1.44 bits per heavy atom. The van der Waals surface area contributed by atoms with Crippen molar-refractivity contribution in [3.63, 3.8) is 0 Å². The molecule has 1 aromatic rings. The molecule has 18 heavy (non-hydrogen) atoms. The summed E-state index contributed by atoms with van der Waals surface area (Å²) in [5.74, 6) is 0.606. The van der Waals surface area contributed by atoms with Crippen LogP contribution in [-0.2, 0) is 0 Å². The third-order valence-electron chi connectivity index (χ3n) is 3.48. The van der Waals surface area contributed by atoms with Gasteiger partial charge in [-0.15, -0.1) is 11.8 Å². The number of carbonyl (C=O) groups excluding carboxylic acids is 1. The Kier molecular flexibility index (Phi) is 4.66. The molecule has 1 fully saturated rings. The number of nitrogens with zero attached hydrogens (tertiary/aromatic N) is 1. The Morgan fingerprint density at radius 2 is 2.17 bits per heavy atom. The van der Waals surface area contributed by atoms with Crippen molar-refractivity contribution in [1.82, 2.24) is 4.90 Å². The maximum atomic E-state index is 12.3. The fraction of sp³-hybridized carbons (Fsp3) is 0.500. The predicted octanol–water partition coefficient (Wildman–Crippen LogP) is 2.22. The minimum Gasteiger partial charge on any atom is -0.338 e. The van der Waals surface area contributed by atoms with E-state index >= 15 is 0 Å². The standard InChI is InChI=1S/C14H20N2OS/c1-18-13-6-4-12(5-7-13)14(17)16-8-2-3-11(9-15)10-16/h4-7,11H,2-3,8-10,15H2,1H3. The van der Waals surface area contributed by atoms with E-state index in [0.29, 0.717) is 12.5 Å². The summed E-state index contributed by atoms with van der Waals surface area (Å²) in [6.45, 7) is 2.34. The van der Waals surface area contributed by atoms with E-state index in [1.807, 2.05) is 35.4 Å². The number of piperidine rings is 1. The number of amides is 1. The first-order chi connectivity index (χ1) is 8.74. The highest BCUT2D eigenvalue weighted by Crippen LogP contribution is 2.19. The smallest absolute Gasteiger partial charge is 0.253 e. The normalized spacial score (nSPS) is 19.9. The molecule has 2 N–H and O–H groups in total. The van der Waals surface area contributed by atoms with Crippen molar-refractivity contribution in [3.05, 3.63) is 29.8 Å². The van der Waals surface area contributed by atoms with E-state index in [-0.39, 0.29) is 5.91 Å². The van der Waals surface area contributed by atoms with Crippen molar-refractivity contribution in [3.8, 4) is 0 Å². The van der Waals surface area contributed by atoms with Crippen LogP contribution in [-0.4, -0.2) is 36.7 Å². The zero-order valence-corrected chi connectivity index (χ0v) is 11.6. The maximum absolute atomic E-state index is 12.3. The van der Waals surface area contributed by atoms with Gasteiger partial charge < -0.3 is 10.6 Å². The van der Waals surface area contributed by atoms with Crippen LogP contribution in [0.15, 0.2) is 29.2 Å². The molecule has 1 saturated heterocycles.